The summed E-state index contributed by atoms with van der Waals surface area (Å²) >= 11 is 0. The van der Waals surface area contributed by atoms with Crippen molar-refractivity contribution in [2.24, 2.45) is 0 Å². The van der Waals surface area contributed by atoms with Crippen molar-refractivity contribution in [3.63, 3.8) is 0 Å². The van der Waals surface area contributed by atoms with E-state index < -0.39 is 0 Å². The number of H-pyrrole nitrogens is 1. The van der Waals surface area contributed by atoms with Crippen LogP contribution in [0, 0.1) is 0 Å². The number of anilines is 1. The van der Waals surface area contributed by atoms with E-state index in [2.05, 4.69) is 30.8 Å². The van der Waals surface area contributed by atoms with E-state index in [-0.39, 0.29) is 12.1 Å². The zero-order chi connectivity index (χ0) is 15.4. The van der Waals surface area contributed by atoms with Gasteiger partial charge in [0.2, 0.25) is 0 Å². The maximum atomic E-state index is 12.1. The molecule has 1 atom stereocenters. The summed E-state index contributed by atoms with van der Waals surface area (Å²) in [6.45, 7) is 0.380. The second kappa shape index (κ2) is 6.52. The quantitative estimate of drug-likeness (QED) is 0.782. The Bertz CT molecular complexity index is 656. The summed E-state index contributed by atoms with van der Waals surface area (Å²) in [5.74, 6) is 0.458. The van der Waals surface area contributed by atoms with Crippen LogP contribution in [0.15, 0.2) is 18.6 Å². The molecule has 1 aliphatic rings. The number of aryl methyl sites for hydroxylation is 1. The highest BCUT2D eigenvalue weighted by molar-refractivity contribution is 5.88. The minimum Gasteiger partial charge on any atom is -0.378 e. The van der Waals surface area contributed by atoms with Gasteiger partial charge in [-0.1, -0.05) is 0 Å². The summed E-state index contributed by atoms with van der Waals surface area (Å²) in [5.41, 5.74) is 3.05. The summed E-state index contributed by atoms with van der Waals surface area (Å²) in [6.07, 6.45) is 5.80. The van der Waals surface area contributed by atoms with Crippen LogP contribution in [-0.2, 0) is 24.2 Å². The van der Waals surface area contributed by atoms with Gasteiger partial charge in [0.25, 0.3) is 0 Å². The fourth-order valence-corrected chi connectivity index (χ4v) is 2.57. The fourth-order valence-electron chi connectivity index (χ4n) is 2.57. The van der Waals surface area contributed by atoms with Crippen molar-refractivity contribution in [3.05, 3.63) is 35.5 Å². The lowest BCUT2D eigenvalue weighted by atomic mass is 9.94. The van der Waals surface area contributed by atoms with Gasteiger partial charge in [0, 0.05) is 24.9 Å². The minimum atomic E-state index is -0.265. The van der Waals surface area contributed by atoms with Crippen LogP contribution in [0.4, 0.5) is 10.6 Å². The average molecular weight is 302 g/mol. The van der Waals surface area contributed by atoms with E-state index in [0.717, 1.165) is 19.3 Å². The molecule has 3 N–H and O–H groups in total. The van der Waals surface area contributed by atoms with E-state index in [9.17, 15) is 4.79 Å². The van der Waals surface area contributed by atoms with E-state index in [1.807, 2.05) is 6.20 Å². The van der Waals surface area contributed by atoms with E-state index in [1.165, 1.54) is 17.6 Å². The second-order valence-corrected chi connectivity index (χ2v) is 5.24. The number of aromatic amines is 1. The molecule has 2 amide bonds. The molecule has 2 aromatic heterocycles. The highest BCUT2D eigenvalue weighted by atomic mass is 16.5. The van der Waals surface area contributed by atoms with E-state index in [0.29, 0.717) is 18.1 Å². The monoisotopic (exact) mass is 302 g/mol. The third kappa shape index (κ3) is 3.40. The lowest BCUT2D eigenvalue weighted by Gasteiger charge is -2.22. The van der Waals surface area contributed by atoms with Gasteiger partial charge in [0.05, 0.1) is 18.5 Å². The van der Waals surface area contributed by atoms with Crippen molar-refractivity contribution in [3.8, 4) is 0 Å². The average Bonchev–Trinajstić information content (AvgIpc) is 2.95. The van der Waals surface area contributed by atoms with Crippen molar-refractivity contribution in [2.75, 3.05) is 12.4 Å². The molecular weight excluding hydrogens is 284 g/mol. The molecule has 116 valence electrons. The molecule has 3 rings (SSSR count). The molecule has 1 aliphatic carbocycles. The predicted molar refractivity (Wildman–Crippen MR) is 79.3 cm³/mol. The van der Waals surface area contributed by atoms with Crippen LogP contribution in [0.25, 0.3) is 0 Å². The van der Waals surface area contributed by atoms with Crippen LogP contribution in [-0.4, -0.2) is 39.3 Å². The summed E-state index contributed by atoms with van der Waals surface area (Å²) in [5, 5.41) is 12.7. The molecule has 0 saturated heterocycles. The molecule has 8 heteroatoms. The van der Waals surface area contributed by atoms with Crippen molar-refractivity contribution >= 4 is 11.8 Å². The van der Waals surface area contributed by atoms with Gasteiger partial charge in [0.1, 0.15) is 12.1 Å². The normalized spacial score (nSPS) is 16.9. The number of aromatic nitrogens is 4. The summed E-state index contributed by atoms with van der Waals surface area (Å²) in [7, 11) is 1.59. The topological polar surface area (TPSA) is 105 Å². The van der Waals surface area contributed by atoms with Gasteiger partial charge in [-0.2, -0.15) is 5.10 Å². The lowest BCUT2D eigenvalue weighted by molar-refractivity contribution is 0.181. The number of ether oxygens (including phenoxy) is 1. The number of rotatable bonds is 4. The minimum absolute atomic E-state index is 0.102. The molecule has 0 aromatic carbocycles. The van der Waals surface area contributed by atoms with Crippen LogP contribution in [0.2, 0.25) is 0 Å². The Morgan fingerprint density at radius 3 is 3.27 bits per heavy atom. The second-order valence-electron chi connectivity index (χ2n) is 5.24. The lowest BCUT2D eigenvalue weighted by Crippen LogP contribution is -2.41. The zero-order valence-corrected chi connectivity index (χ0v) is 12.3. The Morgan fingerprint density at radius 2 is 2.41 bits per heavy atom. The number of carbonyl (C=O) groups is 1. The van der Waals surface area contributed by atoms with Crippen LogP contribution in [0.1, 0.15) is 23.4 Å². The Kier molecular flexibility index (Phi) is 4.29. The van der Waals surface area contributed by atoms with E-state index in [4.69, 9.17) is 4.74 Å². The number of nitrogens with zero attached hydrogens (tertiary/aromatic N) is 3. The number of fused-ring (bicyclic) bond motifs is 1. The SMILES string of the molecule is COCc1cc(NC(=O)NC2CCc3[nH]ncc3C2)ncn1. The first-order chi connectivity index (χ1) is 10.7. The highest BCUT2D eigenvalue weighted by Gasteiger charge is 2.21. The van der Waals surface area contributed by atoms with Gasteiger partial charge >= 0.3 is 6.03 Å². The third-order valence-electron chi connectivity index (χ3n) is 3.61. The first-order valence-electron chi connectivity index (χ1n) is 7.13. The third-order valence-corrected chi connectivity index (χ3v) is 3.61. The largest absolute Gasteiger partial charge is 0.378 e. The molecule has 1 unspecified atom stereocenters. The molecule has 8 nitrogen and oxygen atoms in total. The van der Waals surface area contributed by atoms with Gasteiger partial charge in [0.15, 0.2) is 0 Å². The van der Waals surface area contributed by atoms with Crippen LogP contribution in [0.5, 0.6) is 0 Å². The van der Waals surface area contributed by atoms with Gasteiger partial charge in [-0.15, -0.1) is 0 Å². The molecule has 0 bridgehead atoms. The number of hydrogen-bond acceptors (Lipinski definition) is 5. The van der Waals surface area contributed by atoms with E-state index in [1.54, 1.807) is 13.2 Å². The van der Waals surface area contributed by atoms with Gasteiger partial charge < -0.3 is 10.1 Å². The first kappa shape index (κ1) is 14.5. The molecular formula is C14H18N6O2. The maximum Gasteiger partial charge on any atom is 0.320 e. The summed E-state index contributed by atoms with van der Waals surface area (Å²) in [6, 6.07) is 1.53. The molecule has 2 heterocycles. The molecule has 22 heavy (non-hydrogen) atoms. The molecule has 0 spiro atoms. The van der Waals surface area contributed by atoms with Gasteiger partial charge in [-0.05, 0) is 24.8 Å². The summed E-state index contributed by atoms with van der Waals surface area (Å²) in [4.78, 5) is 20.1. The number of urea groups is 1. The van der Waals surface area contributed by atoms with Crippen molar-refractivity contribution in [1.82, 2.24) is 25.5 Å². The molecule has 0 saturated carbocycles. The first-order valence-corrected chi connectivity index (χ1v) is 7.13. The Morgan fingerprint density at radius 1 is 1.50 bits per heavy atom. The maximum absolute atomic E-state index is 12.1. The zero-order valence-electron chi connectivity index (χ0n) is 12.3. The molecule has 0 fully saturated rings. The highest BCUT2D eigenvalue weighted by Crippen LogP contribution is 2.18. The van der Waals surface area contributed by atoms with Crippen molar-refractivity contribution in [2.45, 2.75) is 31.9 Å². The van der Waals surface area contributed by atoms with Crippen LogP contribution < -0.4 is 10.6 Å². The van der Waals surface area contributed by atoms with Gasteiger partial charge in [-0.25, -0.2) is 14.8 Å². The number of methoxy groups -OCH3 is 1. The van der Waals surface area contributed by atoms with Crippen LogP contribution >= 0.6 is 0 Å². The number of nitrogens with one attached hydrogen (secondary N) is 3. The van der Waals surface area contributed by atoms with Gasteiger partial charge in [-0.3, -0.25) is 10.4 Å². The fraction of sp³-hybridized carbons (Fsp3) is 0.429. The standard InChI is InChI=1S/C14H18N6O2/c1-22-7-11-5-13(16-8-15-11)19-14(21)18-10-2-3-12-9(4-10)6-17-20-12/h5-6,8,10H,2-4,7H2,1H3,(H,17,20)(H2,15,16,18,19,21). The predicted octanol–water partition coefficient (Wildman–Crippen LogP) is 1.03. The Balaban J connectivity index is 1.56. The molecule has 0 aliphatic heterocycles. The molecule has 0 radical (unpaired) electrons. The Labute approximate surface area is 127 Å². The van der Waals surface area contributed by atoms with Crippen LogP contribution in [0.3, 0.4) is 0 Å². The number of hydrogen-bond donors (Lipinski definition) is 3. The summed E-state index contributed by atoms with van der Waals surface area (Å²) < 4.78 is 5.01. The smallest absolute Gasteiger partial charge is 0.320 e. The Hall–Kier alpha value is -2.48. The number of amides is 2. The van der Waals surface area contributed by atoms with Crippen molar-refractivity contribution in [1.29, 1.82) is 0 Å². The number of carbonyl (C=O) groups excluding carboxylic acids is 1. The van der Waals surface area contributed by atoms with E-state index >= 15 is 0 Å². The molecule has 2 aromatic rings. The van der Waals surface area contributed by atoms with Crippen molar-refractivity contribution < 1.29 is 9.53 Å².